The van der Waals surface area contributed by atoms with Crippen LogP contribution in [0.4, 0.5) is 5.69 Å². The van der Waals surface area contributed by atoms with E-state index in [0.717, 1.165) is 11.8 Å². The molecular formula is C26H34Cl3N3O4S. The Morgan fingerprint density at radius 1 is 1.03 bits per heavy atom. The summed E-state index contributed by atoms with van der Waals surface area (Å²) in [6.45, 7) is 7.69. The first-order valence-corrected chi connectivity index (χ1v) is 14.9. The maximum absolute atomic E-state index is 13.5. The summed E-state index contributed by atoms with van der Waals surface area (Å²) < 4.78 is 26.1. The summed E-state index contributed by atoms with van der Waals surface area (Å²) in [5.41, 5.74) is 0.669. The molecule has 0 heterocycles. The largest absolute Gasteiger partial charge is 0.350 e. The lowest BCUT2D eigenvalue weighted by Gasteiger charge is -2.33. The zero-order valence-electron chi connectivity index (χ0n) is 21.7. The first-order chi connectivity index (χ1) is 17.1. The summed E-state index contributed by atoms with van der Waals surface area (Å²) in [6.07, 6.45) is 1.78. The van der Waals surface area contributed by atoms with E-state index in [2.05, 4.69) is 5.32 Å². The molecule has 2 amide bonds. The van der Waals surface area contributed by atoms with Crippen LogP contribution in [0.15, 0.2) is 42.5 Å². The van der Waals surface area contributed by atoms with Gasteiger partial charge in [-0.25, -0.2) is 8.42 Å². The Hall–Kier alpha value is -2.00. The van der Waals surface area contributed by atoms with Crippen molar-refractivity contribution in [1.82, 2.24) is 10.2 Å². The van der Waals surface area contributed by atoms with Crippen LogP contribution in [0.5, 0.6) is 0 Å². The molecule has 0 saturated carbocycles. The molecule has 0 aliphatic rings. The number of benzene rings is 2. The Balaban J connectivity index is 2.27. The number of carbonyl (C=O) groups is 2. The van der Waals surface area contributed by atoms with Gasteiger partial charge in [-0.05, 0) is 69.5 Å². The third kappa shape index (κ3) is 9.67. The van der Waals surface area contributed by atoms with Crippen molar-refractivity contribution in [1.29, 1.82) is 0 Å². The van der Waals surface area contributed by atoms with E-state index in [9.17, 15) is 18.0 Å². The normalized spacial score (nSPS) is 12.6. The van der Waals surface area contributed by atoms with E-state index in [0.29, 0.717) is 27.2 Å². The molecule has 0 bridgehead atoms. The van der Waals surface area contributed by atoms with Gasteiger partial charge >= 0.3 is 0 Å². The van der Waals surface area contributed by atoms with Crippen LogP contribution >= 0.6 is 34.8 Å². The predicted molar refractivity (Wildman–Crippen MR) is 152 cm³/mol. The summed E-state index contributed by atoms with van der Waals surface area (Å²) in [4.78, 5) is 28.1. The molecule has 11 heteroatoms. The molecule has 0 fully saturated rings. The second-order valence-electron chi connectivity index (χ2n) is 9.85. The molecule has 1 atom stereocenters. The molecule has 0 spiro atoms. The van der Waals surface area contributed by atoms with Crippen molar-refractivity contribution in [3.63, 3.8) is 0 Å². The molecule has 0 aromatic heterocycles. The number of rotatable bonds is 11. The van der Waals surface area contributed by atoms with Crippen molar-refractivity contribution < 1.29 is 18.0 Å². The van der Waals surface area contributed by atoms with Crippen LogP contribution < -0.4 is 9.62 Å². The Kier molecular flexibility index (Phi) is 11.1. The fraction of sp³-hybridized carbons (Fsp3) is 0.462. The first kappa shape index (κ1) is 31.2. The Morgan fingerprint density at radius 2 is 1.70 bits per heavy atom. The molecule has 2 aromatic rings. The van der Waals surface area contributed by atoms with E-state index in [1.807, 2.05) is 27.7 Å². The highest BCUT2D eigenvalue weighted by molar-refractivity contribution is 7.92. The van der Waals surface area contributed by atoms with Crippen molar-refractivity contribution >= 4 is 62.3 Å². The Morgan fingerprint density at radius 3 is 2.24 bits per heavy atom. The molecule has 2 rings (SSSR count). The van der Waals surface area contributed by atoms with Gasteiger partial charge in [-0.2, -0.15) is 0 Å². The van der Waals surface area contributed by atoms with E-state index in [4.69, 9.17) is 34.8 Å². The van der Waals surface area contributed by atoms with E-state index >= 15 is 0 Å². The minimum Gasteiger partial charge on any atom is -0.350 e. The lowest BCUT2D eigenvalue weighted by atomic mass is 10.0. The van der Waals surface area contributed by atoms with Crippen LogP contribution in [-0.4, -0.2) is 49.5 Å². The summed E-state index contributed by atoms with van der Waals surface area (Å²) in [5.74, 6) is -0.540. The SMILES string of the molecule is CCC(C(=O)NC(C)(C)C)N(Cc1ccc(Cl)c(Cl)c1)C(=O)CCCN(c1cccc(Cl)c1)S(C)(=O)=O. The van der Waals surface area contributed by atoms with Crippen LogP contribution in [0.1, 0.15) is 52.5 Å². The fourth-order valence-electron chi connectivity index (χ4n) is 3.84. The molecular weight excluding hydrogens is 557 g/mol. The predicted octanol–water partition coefficient (Wildman–Crippen LogP) is 5.92. The van der Waals surface area contributed by atoms with Gasteiger partial charge in [-0.1, -0.05) is 53.9 Å². The van der Waals surface area contributed by atoms with Crippen molar-refractivity contribution in [2.24, 2.45) is 0 Å². The van der Waals surface area contributed by atoms with Gasteiger partial charge in [0.25, 0.3) is 0 Å². The fourth-order valence-corrected chi connectivity index (χ4v) is 5.30. The molecule has 37 heavy (non-hydrogen) atoms. The lowest BCUT2D eigenvalue weighted by Crippen LogP contribution is -2.53. The van der Waals surface area contributed by atoms with Gasteiger partial charge in [-0.15, -0.1) is 0 Å². The van der Waals surface area contributed by atoms with E-state index in [1.165, 1.54) is 9.21 Å². The van der Waals surface area contributed by atoms with Gasteiger partial charge in [0.15, 0.2) is 0 Å². The molecule has 0 radical (unpaired) electrons. The molecule has 204 valence electrons. The molecule has 2 aromatic carbocycles. The average Bonchev–Trinajstić information content (AvgIpc) is 2.76. The van der Waals surface area contributed by atoms with Gasteiger partial charge in [0.1, 0.15) is 6.04 Å². The maximum atomic E-state index is 13.5. The topological polar surface area (TPSA) is 86.8 Å². The van der Waals surface area contributed by atoms with Gasteiger partial charge in [-0.3, -0.25) is 13.9 Å². The number of carbonyl (C=O) groups excluding carboxylic acids is 2. The lowest BCUT2D eigenvalue weighted by molar-refractivity contribution is -0.142. The van der Waals surface area contributed by atoms with E-state index in [-0.39, 0.29) is 37.7 Å². The van der Waals surface area contributed by atoms with Crippen LogP contribution in [0.2, 0.25) is 15.1 Å². The number of nitrogens with zero attached hydrogens (tertiary/aromatic N) is 2. The first-order valence-electron chi connectivity index (χ1n) is 11.9. The number of halogens is 3. The van der Waals surface area contributed by atoms with Gasteiger partial charge < -0.3 is 10.2 Å². The van der Waals surface area contributed by atoms with Gasteiger partial charge in [0.2, 0.25) is 21.8 Å². The number of sulfonamides is 1. The average molecular weight is 591 g/mol. The highest BCUT2D eigenvalue weighted by Gasteiger charge is 2.31. The summed E-state index contributed by atoms with van der Waals surface area (Å²) in [6, 6.07) is 10.9. The van der Waals surface area contributed by atoms with Gasteiger partial charge in [0, 0.05) is 30.1 Å². The van der Waals surface area contributed by atoms with Crippen molar-refractivity contribution in [3.05, 3.63) is 63.1 Å². The zero-order chi connectivity index (χ0) is 28.0. The molecule has 0 aliphatic carbocycles. The van der Waals surface area contributed by atoms with Crippen molar-refractivity contribution in [3.8, 4) is 0 Å². The molecule has 1 unspecified atom stereocenters. The number of anilines is 1. The highest BCUT2D eigenvalue weighted by Crippen LogP contribution is 2.25. The smallest absolute Gasteiger partial charge is 0.243 e. The zero-order valence-corrected chi connectivity index (χ0v) is 24.8. The Bertz CT molecular complexity index is 1220. The number of nitrogens with one attached hydrogen (secondary N) is 1. The van der Waals surface area contributed by atoms with Gasteiger partial charge in [0.05, 0.1) is 22.0 Å². The number of hydrogen-bond acceptors (Lipinski definition) is 4. The maximum Gasteiger partial charge on any atom is 0.243 e. The van der Waals surface area contributed by atoms with Crippen LogP contribution in [-0.2, 0) is 26.2 Å². The van der Waals surface area contributed by atoms with Crippen molar-refractivity contribution in [2.75, 3.05) is 17.1 Å². The molecule has 7 nitrogen and oxygen atoms in total. The minimum atomic E-state index is -3.61. The monoisotopic (exact) mass is 589 g/mol. The third-order valence-corrected chi connectivity index (χ3v) is 7.64. The van der Waals surface area contributed by atoms with Crippen LogP contribution in [0.25, 0.3) is 0 Å². The van der Waals surface area contributed by atoms with Crippen LogP contribution in [0.3, 0.4) is 0 Å². The second kappa shape index (κ2) is 13.2. The molecule has 1 N–H and O–H groups in total. The van der Waals surface area contributed by atoms with E-state index in [1.54, 1.807) is 42.5 Å². The Labute approximate surface area is 235 Å². The molecule has 0 saturated heterocycles. The summed E-state index contributed by atoms with van der Waals surface area (Å²) >= 11 is 18.3. The quantitative estimate of drug-likeness (QED) is 0.352. The minimum absolute atomic E-state index is 0.0349. The summed E-state index contributed by atoms with van der Waals surface area (Å²) in [7, 11) is -3.61. The van der Waals surface area contributed by atoms with Crippen LogP contribution in [0, 0.1) is 0 Å². The second-order valence-corrected chi connectivity index (χ2v) is 13.0. The van der Waals surface area contributed by atoms with E-state index < -0.39 is 21.6 Å². The number of amides is 2. The molecule has 0 aliphatic heterocycles. The van der Waals surface area contributed by atoms with Crippen molar-refractivity contribution in [2.45, 2.75) is 65.1 Å². The summed E-state index contributed by atoms with van der Waals surface area (Å²) in [5, 5.41) is 4.10. The highest BCUT2D eigenvalue weighted by atomic mass is 35.5. The standard InChI is InChI=1S/C26H34Cl3N3O4S/c1-6-23(25(34)30-26(2,3)4)31(17-18-12-13-21(28)22(29)15-18)24(33)11-8-14-32(37(5,35)36)20-10-7-9-19(27)16-20/h7,9-10,12-13,15-16,23H,6,8,11,14,17H2,1-5H3,(H,30,34). The number of hydrogen-bond donors (Lipinski definition) is 1. The third-order valence-electron chi connectivity index (χ3n) is 5.47.